The highest BCUT2D eigenvalue weighted by atomic mass is 32.2. The summed E-state index contributed by atoms with van der Waals surface area (Å²) in [5.74, 6) is 0.403. The van der Waals surface area contributed by atoms with Crippen LogP contribution in [-0.2, 0) is 9.53 Å². The van der Waals surface area contributed by atoms with Gasteiger partial charge in [-0.3, -0.25) is 0 Å². The van der Waals surface area contributed by atoms with Crippen molar-refractivity contribution in [1.29, 1.82) is 0 Å². The number of ether oxygens (including phenoxy) is 1. The number of thioether (sulfide) groups is 1. The van der Waals surface area contributed by atoms with E-state index in [4.69, 9.17) is 4.74 Å². The fourth-order valence-corrected chi connectivity index (χ4v) is 1.02. The minimum atomic E-state index is -0.380. The zero-order valence-electron chi connectivity index (χ0n) is 6.58. The van der Waals surface area contributed by atoms with Crippen LogP contribution in [0.15, 0.2) is 25.3 Å². The van der Waals surface area contributed by atoms with Crippen molar-refractivity contribution < 1.29 is 9.53 Å². The Hall–Kier alpha value is -0.700. The Morgan fingerprint density at radius 3 is 2.82 bits per heavy atom. The summed E-state index contributed by atoms with van der Waals surface area (Å²) in [6, 6.07) is 0. The molecule has 0 aliphatic rings. The number of hydrogen-bond donors (Lipinski definition) is 0. The van der Waals surface area contributed by atoms with Gasteiger partial charge in [-0.05, 0) is 6.92 Å². The highest BCUT2D eigenvalue weighted by molar-refractivity contribution is 7.99. The van der Waals surface area contributed by atoms with Crippen LogP contribution in [0.25, 0.3) is 0 Å². The molecule has 3 heteroatoms. The van der Waals surface area contributed by atoms with Gasteiger partial charge in [-0.15, -0.1) is 18.3 Å². The van der Waals surface area contributed by atoms with Crippen molar-refractivity contribution in [2.45, 2.75) is 12.4 Å². The molecule has 0 saturated heterocycles. The van der Waals surface area contributed by atoms with Gasteiger partial charge in [-0.25, -0.2) is 4.79 Å². The molecule has 0 saturated carbocycles. The standard InChI is InChI=1S/C8H12O2S/c1-4-6-11-7(3)10-8(9)5-2/h4-5,7H,1-2,6H2,3H3. The number of hydrogen-bond acceptors (Lipinski definition) is 3. The summed E-state index contributed by atoms with van der Waals surface area (Å²) in [6.45, 7) is 8.66. The van der Waals surface area contributed by atoms with E-state index in [2.05, 4.69) is 13.2 Å². The molecule has 0 N–H and O–H groups in total. The number of carbonyl (C=O) groups excluding carboxylic acids is 1. The van der Waals surface area contributed by atoms with Crippen molar-refractivity contribution in [1.82, 2.24) is 0 Å². The molecule has 0 aliphatic carbocycles. The molecule has 0 heterocycles. The molecule has 0 aromatic carbocycles. The lowest BCUT2D eigenvalue weighted by molar-refractivity contribution is -0.138. The summed E-state index contributed by atoms with van der Waals surface area (Å²) in [4.78, 5) is 10.6. The van der Waals surface area contributed by atoms with E-state index in [9.17, 15) is 4.79 Å². The van der Waals surface area contributed by atoms with Crippen molar-refractivity contribution in [3.05, 3.63) is 25.3 Å². The van der Waals surface area contributed by atoms with Crippen LogP contribution in [0.4, 0.5) is 0 Å². The van der Waals surface area contributed by atoms with E-state index in [1.807, 2.05) is 6.92 Å². The number of esters is 1. The van der Waals surface area contributed by atoms with E-state index >= 15 is 0 Å². The predicted octanol–water partition coefficient (Wildman–Crippen LogP) is 1.98. The van der Waals surface area contributed by atoms with Gasteiger partial charge in [0.2, 0.25) is 0 Å². The normalized spacial score (nSPS) is 11.7. The Bertz CT molecular complexity index is 154. The second-order valence-electron chi connectivity index (χ2n) is 1.83. The summed E-state index contributed by atoms with van der Waals surface area (Å²) in [5.41, 5.74) is -0.126. The van der Waals surface area contributed by atoms with Crippen LogP contribution in [-0.4, -0.2) is 17.2 Å². The minimum Gasteiger partial charge on any atom is -0.448 e. The number of rotatable bonds is 5. The third-order valence-corrected chi connectivity index (χ3v) is 1.89. The largest absolute Gasteiger partial charge is 0.448 e. The Morgan fingerprint density at radius 2 is 2.36 bits per heavy atom. The molecule has 0 aromatic rings. The molecular formula is C8H12O2S. The average molecular weight is 172 g/mol. The average Bonchev–Trinajstić information content (AvgIpc) is 2.00. The van der Waals surface area contributed by atoms with E-state index in [1.54, 1.807) is 6.08 Å². The first kappa shape index (κ1) is 10.3. The van der Waals surface area contributed by atoms with Gasteiger partial charge in [0.05, 0.1) is 0 Å². The fourth-order valence-electron chi connectivity index (χ4n) is 0.449. The Labute approximate surface area is 71.3 Å². The first-order valence-electron chi connectivity index (χ1n) is 3.26. The molecule has 62 valence electrons. The molecule has 0 radical (unpaired) electrons. The summed E-state index contributed by atoms with van der Waals surface area (Å²) in [5, 5.41) is 0. The highest BCUT2D eigenvalue weighted by Crippen LogP contribution is 2.11. The fraction of sp³-hybridized carbons (Fsp3) is 0.375. The van der Waals surface area contributed by atoms with Crippen LogP contribution in [0.1, 0.15) is 6.92 Å². The lowest BCUT2D eigenvalue weighted by Gasteiger charge is -2.08. The van der Waals surface area contributed by atoms with Crippen molar-refractivity contribution in [2.24, 2.45) is 0 Å². The second-order valence-corrected chi connectivity index (χ2v) is 3.16. The van der Waals surface area contributed by atoms with Gasteiger partial charge in [0, 0.05) is 11.8 Å². The molecule has 0 fully saturated rings. The van der Waals surface area contributed by atoms with Crippen molar-refractivity contribution in [2.75, 3.05) is 5.75 Å². The molecule has 0 spiro atoms. The molecule has 0 amide bonds. The first-order valence-corrected chi connectivity index (χ1v) is 4.31. The molecule has 1 unspecified atom stereocenters. The zero-order valence-corrected chi connectivity index (χ0v) is 7.39. The van der Waals surface area contributed by atoms with Crippen LogP contribution in [0.3, 0.4) is 0 Å². The van der Waals surface area contributed by atoms with Crippen LogP contribution in [0.5, 0.6) is 0 Å². The first-order chi connectivity index (χ1) is 5.20. The topological polar surface area (TPSA) is 26.3 Å². The molecule has 0 aliphatic heterocycles. The van der Waals surface area contributed by atoms with Gasteiger partial charge >= 0.3 is 5.97 Å². The summed E-state index contributed by atoms with van der Waals surface area (Å²) < 4.78 is 4.86. The Morgan fingerprint density at radius 1 is 1.73 bits per heavy atom. The Balaban J connectivity index is 3.50. The van der Waals surface area contributed by atoms with Crippen LogP contribution in [0, 0.1) is 0 Å². The zero-order chi connectivity index (χ0) is 8.69. The highest BCUT2D eigenvalue weighted by Gasteiger charge is 2.04. The molecule has 11 heavy (non-hydrogen) atoms. The van der Waals surface area contributed by atoms with Gasteiger partial charge < -0.3 is 4.74 Å². The monoisotopic (exact) mass is 172 g/mol. The summed E-state index contributed by atoms with van der Waals surface area (Å²) in [7, 11) is 0. The van der Waals surface area contributed by atoms with E-state index < -0.39 is 0 Å². The maximum atomic E-state index is 10.6. The van der Waals surface area contributed by atoms with Crippen LogP contribution >= 0.6 is 11.8 Å². The summed E-state index contributed by atoms with van der Waals surface area (Å²) in [6.07, 6.45) is 2.92. The van der Waals surface area contributed by atoms with Crippen LogP contribution < -0.4 is 0 Å². The van der Waals surface area contributed by atoms with Gasteiger partial charge in [0.25, 0.3) is 0 Å². The summed E-state index contributed by atoms with van der Waals surface area (Å²) >= 11 is 1.51. The predicted molar refractivity (Wildman–Crippen MR) is 48.4 cm³/mol. The molecule has 2 nitrogen and oxygen atoms in total. The molecule has 0 aromatic heterocycles. The van der Waals surface area contributed by atoms with Crippen molar-refractivity contribution in [3.8, 4) is 0 Å². The van der Waals surface area contributed by atoms with E-state index in [0.29, 0.717) is 0 Å². The maximum Gasteiger partial charge on any atom is 0.331 e. The van der Waals surface area contributed by atoms with Crippen molar-refractivity contribution >= 4 is 17.7 Å². The SMILES string of the molecule is C=CCSC(C)OC(=O)C=C. The maximum absolute atomic E-state index is 10.6. The van der Waals surface area contributed by atoms with Gasteiger partial charge in [0.1, 0.15) is 5.44 Å². The molecule has 0 rings (SSSR count). The van der Waals surface area contributed by atoms with E-state index in [1.165, 1.54) is 11.8 Å². The van der Waals surface area contributed by atoms with Gasteiger partial charge in [0.15, 0.2) is 0 Å². The lowest BCUT2D eigenvalue weighted by Crippen LogP contribution is -2.08. The van der Waals surface area contributed by atoms with E-state index in [-0.39, 0.29) is 11.4 Å². The molecule has 0 bridgehead atoms. The molecule has 1 atom stereocenters. The lowest BCUT2D eigenvalue weighted by atomic mass is 10.6. The quantitative estimate of drug-likeness (QED) is 0.274. The van der Waals surface area contributed by atoms with Gasteiger partial charge in [-0.2, -0.15) is 0 Å². The van der Waals surface area contributed by atoms with Crippen molar-refractivity contribution in [3.63, 3.8) is 0 Å². The number of carbonyl (C=O) groups is 1. The smallest absolute Gasteiger partial charge is 0.331 e. The third kappa shape index (κ3) is 5.73. The second kappa shape index (κ2) is 6.04. The van der Waals surface area contributed by atoms with Gasteiger partial charge in [-0.1, -0.05) is 12.7 Å². The van der Waals surface area contributed by atoms with E-state index in [0.717, 1.165) is 11.8 Å². The minimum absolute atomic E-state index is 0.126. The molecular weight excluding hydrogens is 160 g/mol. The van der Waals surface area contributed by atoms with Crippen LogP contribution in [0.2, 0.25) is 0 Å². The third-order valence-electron chi connectivity index (χ3n) is 0.898. The Kier molecular flexibility index (Phi) is 5.65.